The van der Waals surface area contributed by atoms with Crippen molar-refractivity contribution in [3.63, 3.8) is 0 Å². The summed E-state index contributed by atoms with van der Waals surface area (Å²) in [7, 11) is -0.725. The Balaban J connectivity index is 1.61. The summed E-state index contributed by atoms with van der Waals surface area (Å²) in [6, 6.07) is 7.99. The van der Waals surface area contributed by atoms with Crippen LogP contribution >= 0.6 is 0 Å². The first-order chi connectivity index (χ1) is 19.0. The zero-order valence-electron chi connectivity index (χ0n) is 22.7. The summed E-state index contributed by atoms with van der Waals surface area (Å²) in [6.45, 7) is 1.08. The molecule has 224 valence electrons. The zero-order valence-corrected chi connectivity index (χ0v) is 23.5. The molecule has 41 heavy (non-hydrogen) atoms. The van der Waals surface area contributed by atoms with E-state index in [4.69, 9.17) is 4.74 Å². The van der Waals surface area contributed by atoms with Crippen molar-refractivity contribution in [2.24, 2.45) is 0 Å². The smallest absolute Gasteiger partial charge is 0.427 e. The van der Waals surface area contributed by atoms with E-state index >= 15 is 0 Å². The fourth-order valence-corrected chi connectivity index (χ4v) is 5.76. The Morgan fingerprint density at radius 1 is 1.12 bits per heavy atom. The van der Waals surface area contributed by atoms with E-state index in [1.54, 1.807) is 14.1 Å². The van der Waals surface area contributed by atoms with Crippen molar-refractivity contribution in [2.45, 2.75) is 55.0 Å². The van der Waals surface area contributed by atoms with Crippen molar-refractivity contribution >= 4 is 33.4 Å². The zero-order chi connectivity index (χ0) is 30.4. The molecule has 2 aromatic rings. The Bertz CT molecular complexity index is 1430. The largest absolute Gasteiger partial charge is 0.484 e. The Kier molecular flexibility index (Phi) is 7.90. The van der Waals surface area contributed by atoms with Gasteiger partial charge < -0.3 is 14.8 Å². The molecule has 15 heteroatoms. The van der Waals surface area contributed by atoms with Crippen molar-refractivity contribution in [3.8, 4) is 5.75 Å². The van der Waals surface area contributed by atoms with Crippen LogP contribution in [0.4, 0.5) is 33.7 Å². The van der Waals surface area contributed by atoms with Crippen molar-refractivity contribution in [1.29, 1.82) is 0 Å². The number of anilines is 2. The molecule has 2 aromatic carbocycles. The molecule has 4 rings (SSSR count). The number of fused-ring (bicyclic) bond motifs is 1. The first kappa shape index (κ1) is 30.4. The molecule has 0 saturated heterocycles. The van der Waals surface area contributed by atoms with Gasteiger partial charge in [0, 0.05) is 5.69 Å². The number of nitrogens with zero attached hydrogens (tertiary/aromatic N) is 2. The number of sulfonamides is 1. The maximum Gasteiger partial charge on any atom is 0.427 e. The van der Waals surface area contributed by atoms with E-state index in [1.807, 2.05) is 4.90 Å². The van der Waals surface area contributed by atoms with Gasteiger partial charge in [0.15, 0.2) is 0 Å². The van der Waals surface area contributed by atoms with Gasteiger partial charge in [-0.3, -0.25) is 19.3 Å². The molecule has 0 radical (unpaired) electrons. The fourth-order valence-electron chi connectivity index (χ4n) is 4.26. The molecule has 2 amide bonds. The average molecular weight is 603 g/mol. The second kappa shape index (κ2) is 10.7. The van der Waals surface area contributed by atoms with Gasteiger partial charge in [-0.1, -0.05) is 0 Å². The molecule has 0 spiro atoms. The molecule has 2 aliphatic rings. The van der Waals surface area contributed by atoms with Crippen molar-refractivity contribution in [2.75, 3.05) is 36.8 Å². The molecule has 1 saturated carbocycles. The minimum absolute atomic E-state index is 0.0256. The first-order valence-electron chi connectivity index (χ1n) is 12.6. The average Bonchev–Trinajstić information content (AvgIpc) is 3.68. The second-order valence-corrected chi connectivity index (χ2v) is 12.4. The van der Waals surface area contributed by atoms with Crippen LogP contribution in [0.25, 0.3) is 0 Å². The van der Waals surface area contributed by atoms with Gasteiger partial charge in [-0.25, -0.2) is 17.6 Å². The van der Waals surface area contributed by atoms with Gasteiger partial charge in [-0.05, 0) is 83.2 Å². The molecule has 0 aromatic heterocycles. The van der Waals surface area contributed by atoms with E-state index in [2.05, 4.69) is 15.4 Å². The third kappa shape index (κ3) is 6.20. The van der Waals surface area contributed by atoms with Crippen LogP contribution < -0.4 is 19.7 Å². The van der Waals surface area contributed by atoms with E-state index in [-0.39, 0.29) is 41.0 Å². The Labute approximate surface area is 234 Å². The van der Waals surface area contributed by atoms with Crippen molar-refractivity contribution < 1.29 is 45.0 Å². The summed E-state index contributed by atoms with van der Waals surface area (Å²) < 4.78 is 91.7. The quantitative estimate of drug-likeness (QED) is 0.441. The van der Waals surface area contributed by atoms with E-state index in [0.717, 1.165) is 28.6 Å². The van der Waals surface area contributed by atoms with Crippen LogP contribution in [-0.2, 0) is 19.6 Å². The van der Waals surface area contributed by atoms with Gasteiger partial charge in [0.2, 0.25) is 11.5 Å². The highest BCUT2D eigenvalue weighted by Crippen LogP contribution is 2.41. The molecule has 1 aliphatic carbocycles. The number of halogens is 4. The number of amides is 2. The van der Waals surface area contributed by atoms with Crippen LogP contribution in [0, 0.1) is 5.82 Å². The lowest BCUT2D eigenvalue weighted by Gasteiger charge is -2.36. The standard InChI is InChI=1S/C26H30F4N4O6S/c1-24(2,26(28,29)30)40-23(36)32-17-7-10-21-20(13-17)34(41(37,38)19-8-5-16(27)6-9-19)15-18(39-21)14-31-22(35)25(11-12-25)33(3)4/h5-10,13,18H,11-12,14-15H2,1-4H3,(H,31,35)(H,32,36)/t18-/m0/s1. The van der Waals surface area contributed by atoms with Gasteiger partial charge in [-0.2, -0.15) is 13.2 Å². The van der Waals surface area contributed by atoms with Crippen LogP contribution in [0.3, 0.4) is 0 Å². The lowest BCUT2D eigenvalue weighted by molar-refractivity contribution is -0.242. The van der Waals surface area contributed by atoms with Gasteiger partial charge in [0.1, 0.15) is 17.7 Å². The number of rotatable bonds is 8. The summed E-state index contributed by atoms with van der Waals surface area (Å²) in [4.78, 5) is 26.6. The fraction of sp³-hybridized carbons (Fsp3) is 0.462. The van der Waals surface area contributed by atoms with Gasteiger partial charge in [0.25, 0.3) is 10.0 Å². The van der Waals surface area contributed by atoms with Crippen molar-refractivity contribution in [3.05, 3.63) is 48.3 Å². The molecular weight excluding hydrogens is 572 g/mol. The molecule has 2 N–H and O–H groups in total. The van der Waals surface area contributed by atoms with E-state index in [1.165, 1.54) is 18.2 Å². The molecular formula is C26H30F4N4O6S. The second-order valence-electron chi connectivity index (χ2n) is 10.6. The van der Waals surface area contributed by atoms with Gasteiger partial charge in [0.05, 0.1) is 29.2 Å². The Morgan fingerprint density at radius 3 is 2.32 bits per heavy atom. The van der Waals surface area contributed by atoms with Crippen LogP contribution in [0.2, 0.25) is 0 Å². The third-order valence-electron chi connectivity index (χ3n) is 7.06. The summed E-state index contributed by atoms with van der Waals surface area (Å²) in [5.41, 5.74) is -3.50. The van der Waals surface area contributed by atoms with Crippen LogP contribution in [-0.4, -0.2) is 75.9 Å². The number of likely N-dealkylation sites (N-methyl/N-ethyl adjacent to an activating group) is 1. The number of alkyl halides is 3. The number of ether oxygens (including phenoxy) is 2. The highest BCUT2D eigenvalue weighted by molar-refractivity contribution is 7.92. The Hall–Kier alpha value is -3.59. The number of carbonyl (C=O) groups is 2. The summed E-state index contributed by atoms with van der Waals surface area (Å²) in [5.74, 6) is -0.789. The number of carbonyl (C=O) groups excluding carboxylic acids is 2. The van der Waals surface area contributed by atoms with Gasteiger partial charge in [-0.15, -0.1) is 0 Å². The lowest BCUT2D eigenvalue weighted by Crippen LogP contribution is -2.52. The summed E-state index contributed by atoms with van der Waals surface area (Å²) >= 11 is 0. The number of hydrogen-bond acceptors (Lipinski definition) is 7. The maximum atomic E-state index is 13.7. The highest BCUT2D eigenvalue weighted by Gasteiger charge is 2.52. The molecule has 10 nitrogen and oxygen atoms in total. The molecule has 1 heterocycles. The predicted octanol–water partition coefficient (Wildman–Crippen LogP) is 3.88. The summed E-state index contributed by atoms with van der Waals surface area (Å²) in [6.07, 6.45) is -5.69. The third-order valence-corrected chi connectivity index (χ3v) is 8.86. The van der Waals surface area contributed by atoms with Crippen molar-refractivity contribution in [1.82, 2.24) is 10.2 Å². The maximum absolute atomic E-state index is 13.7. The van der Waals surface area contributed by atoms with Crippen LogP contribution in [0.15, 0.2) is 47.4 Å². The molecule has 1 aliphatic heterocycles. The monoisotopic (exact) mass is 602 g/mol. The number of nitrogens with one attached hydrogen (secondary N) is 2. The SMILES string of the molecule is CN(C)C1(C(=O)NC[C@H]2CN(S(=O)(=O)c3ccc(F)cc3)c3cc(NC(=O)OC(C)(C)C(F)(F)F)ccc3O2)CC1. The minimum Gasteiger partial charge on any atom is -0.484 e. The van der Waals surface area contributed by atoms with E-state index < -0.39 is 45.4 Å². The molecule has 0 bridgehead atoms. The molecule has 0 unspecified atom stereocenters. The number of benzene rings is 2. The minimum atomic E-state index is -4.83. The first-order valence-corrected chi connectivity index (χ1v) is 14.0. The topological polar surface area (TPSA) is 117 Å². The van der Waals surface area contributed by atoms with Crippen LogP contribution in [0.1, 0.15) is 26.7 Å². The molecule has 1 fully saturated rings. The predicted molar refractivity (Wildman–Crippen MR) is 141 cm³/mol. The highest BCUT2D eigenvalue weighted by atomic mass is 32.2. The molecule has 1 atom stereocenters. The lowest BCUT2D eigenvalue weighted by atomic mass is 10.1. The summed E-state index contributed by atoms with van der Waals surface area (Å²) in [5, 5.41) is 4.99. The van der Waals surface area contributed by atoms with Gasteiger partial charge >= 0.3 is 12.3 Å². The van der Waals surface area contributed by atoms with E-state index in [9.17, 15) is 35.6 Å². The normalized spacial score (nSPS) is 18.3. The number of hydrogen-bond donors (Lipinski definition) is 2. The van der Waals surface area contributed by atoms with Crippen LogP contribution in [0.5, 0.6) is 5.75 Å². The van der Waals surface area contributed by atoms with E-state index in [0.29, 0.717) is 26.7 Å². The Morgan fingerprint density at radius 2 is 1.76 bits per heavy atom.